The van der Waals surface area contributed by atoms with Gasteiger partial charge in [-0.2, -0.15) is 0 Å². The molecule has 1 aromatic carbocycles. The van der Waals surface area contributed by atoms with E-state index in [-0.39, 0.29) is 5.69 Å². The van der Waals surface area contributed by atoms with Crippen molar-refractivity contribution in [1.29, 1.82) is 0 Å². The number of rotatable bonds is 6. The number of H-pyrrole nitrogens is 1. The third kappa shape index (κ3) is 3.78. The van der Waals surface area contributed by atoms with Crippen molar-refractivity contribution in [3.63, 3.8) is 0 Å². The summed E-state index contributed by atoms with van der Waals surface area (Å²) in [7, 11) is 1.69. The van der Waals surface area contributed by atoms with E-state index in [4.69, 9.17) is 10.5 Å². The van der Waals surface area contributed by atoms with E-state index >= 15 is 0 Å². The average molecular weight is 280 g/mol. The number of nitrogens with two attached hydrogens (primary N) is 1. The van der Waals surface area contributed by atoms with Gasteiger partial charge in [-0.15, -0.1) is 5.10 Å². The first kappa shape index (κ1) is 13.5. The van der Waals surface area contributed by atoms with Crippen LogP contribution in [0.2, 0.25) is 0 Å². The number of aromatic amines is 1. The number of benzene rings is 1. The van der Waals surface area contributed by atoms with Crippen LogP contribution < -0.4 is 16.2 Å². The molecule has 3 N–H and O–H groups in total. The van der Waals surface area contributed by atoms with E-state index in [0.29, 0.717) is 17.5 Å². The van der Waals surface area contributed by atoms with Crippen LogP contribution in [-0.2, 0) is 7.05 Å². The van der Waals surface area contributed by atoms with Crippen LogP contribution >= 0.6 is 11.8 Å². The lowest BCUT2D eigenvalue weighted by Gasteiger charge is -2.06. The number of hydrogen-bond donors (Lipinski definition) is 2. The summed E-state index contributed by atoms with van der Waals surface area (Å²) in [6.07, 6.45) is 0.862. The minimum Gasteiger partial charge on any atom is -0.493 e. The van der Waals surface area contributed by atoms with Crippen LogP contribution in [0, 0.1) is 0 Å². The molecule has 102 valence electrons. The predicted molar refractivity (Wildman–Crippen MR) is 75.5 cm³/mol. The van der Waals surface area contributed by atoms with Crippen molar-refractivity contribution in [2.24, 2.45) is 7.05 Å². The SMILES string of the molecule is Cn1c(SCCCOc2cccc(N)c2)n[nH]c1=O. The topological polar surface area (TPSA) is 85.9 Å². The number of nitrogen functional groups attached to an aromatic ring is 1. The number of hydrogen-bond acceptors (Lipinski definition) is 5. The maximum atomic E-state index is 11.1. The van der Waals surface area contributed by atoms with Crippen molar-refractivity contribution in [3.8, 4) is 5.75 Å². The van der Waals surface area contributed by atoms with Crippen LogP contribution in [0.25, 0.3) is 0 Å². The number of ether oxygens (including phenoxy) is 1. The zero-order chi connectivity index (χ0) is 13.7. The van der Waals surface area contributed by atoms with Crippen LogP contribution in [0.1, 0.15) is 6.42 Å². The first-order valence-corrected chi connectivity index (χ1v) is 6.88. The Morgan fingerprint density at radius 3 is 3.05 bits per heavy atom. The molecule has 0 saturated heterocycles. The fraction of sp³-hybridized carbons (Fsp3) is 0.333. The van der Waals surface area contributed by atoms with Crippen LogP contribution in [0.15, 0.2) is 34.2 Å². The fourth-order valence-electron chi connectivity index (χ4n) is 1.48. The smallest absolute Gasteiger partial charge is 0.343 e. The van der Waals surface area contributed by atoms with E-state index in [1.54, 1.807) is 13.1 Å². The molecule has 0 spiro atoms. The molecule has 0 atom stereocenters. The normalized spacial score (nSPS) is 10.6. The largest absolute Gasteiger partial charge is 0.493 e. The Balaban J connectivity index is 1.70. The molecular weight excluding hydrogens is 264 g/mol. The molecule has 0 unspecified atom stereocenters. The second-order valence-electron chi connectivity index (χ2n) is 3.99. The molecule has 0 bridgehead atoms. The van der Waals surface area contributed by atoms with Crippen LogP contribution in [0.4, 0.5) is 5.69 Å². The van der Waals surface area contributed by atoms with E-state index in [2.05, 4.69) is 10.2 Å². The highest BCUT2D eigenvalue weighted by molar-refractivity contribution is 7.99. The Morgan fingerprint density at radius 1 is 1.53 bits per heavy atom. The van der Waals surface area contributed by atoms with Crippen molar-refractivity contribution in [2.45, 2.75) is 11.6 Å². The monoisotopic (exact) mass is 280 g/mol. The molecule has 0 aliphatic rings. The number of anilines is 1. The van der Waals surface area contributed by atoms with E-state index in [9.17, 15) is 4.79 Å². The molecule has 0 aliphatic carbocycles. The van der Waals surface area contributed by atoms with E-state index in [1.165, 1.54) is 16.3 Å². The standard InChI is InChI=1S/C12H16N4O2S/c1-16-11(17)14-15-12(16)19-7-3-6-18-10-5-2-4-9(13)8-10/h2,4-5,8H,3,6-7,13H2,1H3,(H,14,17). The second kappa shape index (κ2) is 6.33. The molecule has 0 aliphatic heterocycles. The van der Waals surface area contributed by atoms with Crippen molar-refractivity contribution in [3.05, 3.63) is 34.7 Å². The Hall–Kier alpha value is -1.89. The van der Waals surface area contributed by atoms with Gasteiger partial charge in [0.05, 0.1) is 6.61 Å². The summed E-state index contributed by atoms with van der Waals surface area (Å²) in [4.78, 5) is 11.1. The van der Waals surface area contributed by atoms with Gasteiger partial charge in [0.15, 0.2) is 5.16 Å². The van der Waals surface area contributed by atoms with Gasteiger partial charge in [0.1, 0.15) is 5.75 Å². The lowest BCUT2D eigenvalue weighted by molar-refractivity contribution is 0.319. The zero-order valence-corrected chi connectivity index (χ0v) is 11.4. The highest BCUT2D eigenvalue weighted by atomic mass is 32.2. The van der Waals surface area contributed by atoms with Crippen molar-refractivity contribution < 1.29 is 4.74 Å². The molecule has 0 fully saturated rings. The molecule has 7 heteroatoms. The minimum atomic E-state index is -0.196. The van der Waals surface area contributed by atoms with Crippen molar-refractivity contribution >= 4 is 17.4 Å². The summed E-state index contributed by atoms with van der Waals surface area (Å²) in [6.45, 7) is 0.606. The summed E-state index contributed by atoms with van der Waals surface area (Å²) in [5, 5.41) is 7.00. The third-order valence-electron chi connectivity index (χ3n) is 2.49. The molecule has 0 amide bonds. The maximum absolute atomic E-state index is 11.1. The molecule has 0 saturated carbocycles. The number of nitrogens with zero attached hydrogens (tertiary/aromatic N) is 2. The van der Waals surface area contributed by atoms with Gasteiger partial charge in [-0.3, -0.25) is 4.57 Å². The van der Waals surface area contributed by atoms with Crippen LogP contribution in [-0.4, -0.2) is 27.1 Å². The van der Waals surface area contributed by atoms with Crippen LogP contribution in [0.3, 0.4) is 0 Å². The van der Waals surface area contributed by atoms with E-state index in [0.717, 1.165) is 17.9 Å². The molecular formula is C12H16N4O2S. The lowest BCUT2D eigenvalue weighted by atomic mass is 10.3. The first-order valence-electron chi connectivity index (χ1n) is 5.89. The van der Waals surface area contributed by atoms with Gasteiger partial charge in [-0.1, -0.05) is 17.8 Å². The highest BCUT2D eigenvalue weighted by Crippen LogP contribution is 2.16. The zero-order valence-electron chi connectivity index (χ0n) is 10.6. The summed E-state index contributed by atoms with van der Waals surface area (Å²) < 4.78 is 7.06. The minimum absolute atomic E-state index is 0.196. The lowest BCUT2D eigenvalue weighted by Crippen LogP contribution is -2.13. The molecule has 0 radical (unpaired) electrons. The van der Waals surface area contributed by atoms with Gasteiger partial charge in [0.2, 0.25) is 0 Å². The predicted octanol–water partition coefficient (Wildman–Crippen LogP) is 1.25. The number of nitrogens with one attached hydrogen (secondary N) is 1. The van der Waals surface area contributed by atoms with E-state index in [1.807, 2.05) is 18.2 Å². The molecule has 2 aromatic rings. The quantitative estimate of drug-likeness (QED) is 0.472. The van der Waals surface area contributed by atoms with Crippen LogP contribution in [0.5, 0.6) is 5.75 Å². The fourth-order valence-corrected chi connectivity index (χ4v) is 2.31. The molecule has 19 heavy (non-hydrogen) atoms. The molecule has 1 heterocycles. The average Bonchev–Trinajstić information content (AvgIpc) is 2.70. The van der Waals surface area contributed by atoms with Gasteiger partial charge in [0.25, 0.3) is 0 Å². The molecule has 6 nitrogen and oxygen atoms in total. The Bertz CT molecular complexity index is 593. The Labute approximate surface area is 115 Å². The van der Waals surface area contributed by atoms with Gasteiger partial charge < -0.3 is 10.5 Å². The number of aromatic nitrogens is 3. The summed E-state index contributed by atoms with van der Waals surface area (Å²) >= 11 is 1.52. The van der Waals surface area contributed by atoms with Gasteiger partial charge in [-0.25, -0.2) is 9.89 Å². The first-order chi connectivity index (χ1) is 9.16. The van der Waals surface area contributed by atoms with Crippen molar-refractivity contribution in [2.75, 3.05) is 18.1 Å². The Morgan fingerprint density at radius 2 is 2.37 bits per heavy atom. The van der Waals surface area contributed by atoms with Crippen molar-refractivity contribution in [1.82, 2.24) is 14.8 Å². The highest BCUT2D eigenvalue weighted by Gasteiger charge is 2.04. The van der Waals surface area contributed by atoms with Gasteiger partial charge in [-0.05, 0) is 18.6 Å². The summed E-state index contributed by atoms with van der Waals surface area (Å²) in [6, 6.07) is 7.35. The molecule has 1 aromatic heterocycles. The summed E-state index contributed by atoms with van der Waals surface area (Å²) in [5.41, 5.74) is 6.15. The third-order valence-corrected chi connectivity index (χ3v) is 3.60. The van der Waals surface area contributed by atoms with Gasteiger partial charge >= 0.3 is 5.69 Å². The van der Waals surface area contributed by atoms with E-state index < -0.39 is 0 Å². The second-order valence-corrected chi connectivity index (χ2v) is 5.06. The maximum Gasteiger partial charge on any atom is 0.343 e. The molecule has 2 rings (SSSR count). The summed E-state index contributed by atoms with van der Waals surface area (Å²) in [5.74, 6) is 1.61. The number of thioether (sulfide) groups is 1. The Kier molecular flexibility index (Phi) is 4.51. The van der Waals surface area contributed by atoms with Gasteiger partial charge in [0, 0.05) is 24.6 Å².